The Labute approximate surface area is 221 Å². The lowest BCUT2D eigenvalue weighted by molar-refractivity contribution is -0.193. The molecule has 3 N–H and O–H groups in total. The maximum atomic E-state index is 12.6. The van der Waals surface area contributed by atoms with E-state index in [4.69, 9.17) is 24.5 Å². The van der Waals surface area contributed by atoms with E-state index in [9.17, 15) is 35.9 Å². The normalized spacial score (nSPS) is 19.8. The van der Waals surface area contributed by atoms with E-state index in [1.54, 1.807) is 35.6 Å². The van der Waals surface area contributed by atoms with Gasteiger partial charge in [-0.1, -0.05) is 6.07 Å². The van der Waals surface area contributed by atoms with Gasteiger partial charge in [-0.2, -0.15) is 26.3 Å². The maximum Gasteiger partial charge on any atom is 0.490 e. The first-order valence-electron chi connectivity index (χ1n) is 11.2. The number of halogens is 6. The van der Waals surface area contributed by atoms with Crippen molar-refractivity contribution in [2.45, 2.75) is 24.9 Å². The minimum Gasteiger partial charge on any atom is -0.475 e. The van der Waals surface area contributed by atoms with E-state index in [1.807, 2.05) is 18.2 Å². The highest BCUT2D eigenvalue weighted by atomic mass is 19.4. The number of carboxylic acid groups (broad SMARTS) is 2. The number of nitrogens with zero attached hydrogens (tertiary/aromatic N) is 3. The number of fused-ring (bicyclic) bond motifs is 1. The Hall–Kier alpha value is -4.28. The predicted molar refractivity (Wildman–Crippen MR) is 121 cm³/mol. The van der Waals surface area contributed by atoms with E-state index in [1.165, 1.54) is 0 Å². The Balaban J connectivity index is 0.000000333. The summed E-state index contributed by atoms with van der Waals surface area (Å²) in [5.41, 5.74) is 1.42. The summed E-state index contributed by atoms with van der Waals surface area (Å²) in [5.74, 6) is -5.80. The first-order valence-corrected chi connectivity index (χ1v) is 11.2. The van der Waals surface area contributed by atoms with E-state index in [-0.39, 0.29) is 36.2 Å². The molecule has 2 fully saturated rings. The van der Waals surface area contributed by atoms with Crippen LogP contribution in [0.1, 0.15) is 5.69 Å². The van der Waals surface area contributed by atoms with Crippen LogP contribution in [0.4, 0.5) is 32.0 Å². The number of alkyl halides is 6. The van der Waals surface area contributed by atoms with Gasteiger partial charge in [0.1, 0.15) is 0 Å². The first-order chi connectivity index (χ1) is 18.6. The van der Waals surface area contributed by atoms with Gasteiger partial charge >= 0.3 is 24.3 Å². The van der Waals surface area contributed by atoms with Crippen LogP contribution >= 0.6 is 0 Å². The number of aromatic nitrogens is 2. The average Bonchev–Trinajstić information content (AvgIpc) is 3.46. The minimum atomic E-state index is -5.08. The number of amides is 2. The van der Waals surface area contributed by atoms with Gasteiger partial charge < -0.3 is 25.2 Å². The lowest BCUT2D eigenvalue weighted by atomic mass is 9.92. The van der Waals surface area contributed by atoms with Gasteiger partial charge in [0.25, 0.3) is 0 Å². The fourth-order valence-electron chi connectivity index (χ4n) is 3.63. The van der Waals surface area contributed by atoms with Crippen LogP contribution in [0, 0.1) is 11.8 Å². The standard InChI is InChI=1S/C19H20N4O3.2C2HF3O2/c24-18(8-13-4-1-2-7-21-13)23-10-15-16(12-26-17(15)11-23)19(25)22-14-5-3-6-20-9-14;2*3-2(4,5)1(6)7/h1-7,9,15-17H,8,10-12H2,(H,22,25);2*(H,6,7)/t15-,16-,17-;;/m1../s1. The van der Waals surface area contributed by atoms with Gasteiger partial charge in [0, 0.05) is 37.1 Å². The molecule has 2 aromatic rings. The molecule has 40 heavy (non-hydrogen) atoms. The fourth-order valence-corrected chi connectivity index (χ4v) is 3.63. The Morgan fingerprint density at radius 1 is 0.950 bits per heavy atom. The molecule has 2 amide bonds. The highest BCUT2D eigenvalue weighted by Gasteiger charge is 2.48. The van der Waals surface area contributed by atoms with Crippen LogP contribution in [0.5, 0.6) is 0 Å². The van der Waals surface area contributed by atoms with Crippen LogP contribution in [0.2, 0.25) is 0 Å². The molecule has 0 saturated carbocycles. The summed E-state index contributed by atoms with van der Waals surface area (Å²) in [7, 11) is 0. The Bertz CT molecular complexity index is 1140. The van der Waals surface area contributed by atoms with Gasteiger partial charge in [-0.3, -0.25) is 19.6 Å². The topological polar surface area (TPSA) is 159 Å². The quantitative estimate of drug-likeness (QED) is 0.462. The van der Waals surface area contributed by atoms with Crippen molar-refractivity contribution in [2.24, 2.45) is 11.8 Å². The van der Waals surface area contributed by atoms with Gasteiger partial charge in [0.05, 0.1) is 36.9 Å². The highest BCUT2D eigenvalue weighted by molar-refractivity contribution is 5.93. The SMILES string of the molecule is O=C(Nc1cccnc1)[C@@H]1CO[C@@H]2CN(C(=O)Cc3ccccn3)C[C@@H]21.O=C(O)C(F)(F)F.O=C(O)C(F)(F)F. The summed E-state index contributed by atoms with van der Waals surface area (Å²) in [6.45, 7) is 1.47. The predicted octanol–water partition coefficient (Wildman–Crippen LogP) is 2.40. The Morgan fingerprint density at radius 3 is 2.08 bits per heavy atom. The molecule has 0 unspecified atom stereocenters. The number of hydrogen-bond acceptors (Lipinski definition) is 7. The first kappa shape index (κ1) is 31.9. The number of nitrogens with one attached hydrogen (secondary N) is 1. The summed E-state index contributed by atoms with van der Waals surface area (Å²) in [5, 5.41) is 17.1. The highest BCUT2D eigenvalue weighted by Crippen LogP contribution is 2.34. The second-order valence-corrected chi connectivity index (χ2v) is 8.28. The van der Waals surface area contributed by atoms with Crippen LogP contribution in [0.3, 0.4) is 0 Å². The van der Waals surface area contributed by atoms with E-state index in [0.717, 1.165) is 5.69 Å². The number of pyridine rings is 2. The van der Waals surface area contributed by atoms with Crippen molar-refractivity contribution < 1.29 is 60.5 Å². The summed E-state index contributed by atoms with van der Waals surface area (Å²) < 4.78 is 69.3. The molecular formula is C23H22F6N4O7. The summed E-state index contributed by atoms with van der Waals surface area (Å²) >= 11 is 0. The largest absolute Gasteiger partial charge is 0.490 e. The lowest BCUT2D eigenvalue weighted by Gasteiger charge is -2.19. The molecule has 4 heterocycles. The van der Waals surface area contributed by atoms with Gasteiger partial charge in [-0.05, 0) is 24.3 Å². The molecule has 4 rings (SSSR count). The maximum absolute atomic E-state index is 12.6. The molecule has 0 aliphatic carbocycles. The smallest absolute Gasteiger partial charge is 0.475 e. The number of hydrogen-bond donors (Lipinski definition) is 3. The third-order valence-electron chi connectivity index (χ3n) is 5.48. The Kier molecular flexibility index (Phi) is 10.9. The van der Waals surface area contributed by atoms with Gasteiger partial charge in [-0.25, -0.2) is 9.59 Å². The number of anilines is 1. The van der Waals surface area contributed by atoms with Crippen LogP contribution in [0.25, 0.3) is 0 Å². The average molecular weight is 580 g/mol. The van der Waals surface area contributed by atoms with E-state index < -0.39 is 24.3 Å². The van der Waals surface area contributed by atoms with Crippen molar-refractivity contribution in [1.29, 1.82) is 0 Å². The van der Waals surface area contributed by atoms with Crippen molar-refractivity contribution in [3.8, 4) is 0 Å². The molecule has 0 spiro atoms. The minimum absolute atomic E-state index is 0.0214. The molecule has 17 heteroatoms. The molecule has 2 aliphatic rings. The zero-order chi connectivity index (χ0) is 30.1. The number of carbonyl (C=O) groups excluding carboxylic acids is 2. The molecule has 0 aromatic carbocycles. The molecule has 0 radical (unpaired) electrons. The monoisotopic (exact) mass is 580 g/mol. The molecular weight excluding hydrogens is 558 g/mol. The Morgan fingerprint density at radius 2 is 1.57 bits per heavy atom. The van der Waals surface area contributed by atoms with Crippen molar-refractivity contribution in [3.05, 3.63) is 54.6 Å². The van der Waals surface area contributed by atoms with Gasteiger partial charge in [0.2, 0.25) is 11.8 Å². The third kappa shape index (κ3) is 9.79. The van der Waals surface area contributed by atoms with Crippen molar-refractivity contribution in [3.63, 3.8) is 0 Å². The molecule has 2 aromatic heterocycles. The van der Waals surface area contributed by atoms with Crippen molar-refractivity contribution >= 4 is 29.4 Å². The lowest BCUT2D eigenvalue weighted by Crippen LogP contribution is -2.35. The van der Waals surface area contributed by atoms with E-state index >= 15 is 0 Å². The van der Waals surface area contributed by atoms with Gasteiger partial charge in [-0.15, -0.1) is 0 Å². The van der Waals surface area contributed by atoms with Crippen molar-refractivity contribution in [2.75, 3.05) is 25.0 Å². The molecule has 3 atom stereocenters. The van der Waals surface area contributed by atoms with Gasteiger partial charge in [0.15, 0.2) is 0 Å². The van der Waals surface area contributed by atoms with Crippen LogP contribution in [0.15, 0.2) is 48.9 Å². The molecule has 0 bridgehead atoms. The van der Waals surface area contributed by atoms with E-state index in [0.29, 0.717) is 25.4 Å². The van der Waals surface area contributed by atoms with Crippen molar-refractivity contribution in [1.82, 2.24) is 14.9 Å². The van der Waals surface area contributed by atoms with Crippen LogP contribution in [-0.4, -0.2) is 87.0 Å². The second kappa shape index (κ2) is 13.7. The van der Waals surface area contributed by atoms with E-state index in [2.05, 4.69) is 15.3 Å². The fraction of sp³-hybridized carbons (Fsp3) is 0.391. The number of ether oxygens (including phenoxy) is 1. The zero-order valence-corrected chi connectivity index (χ0v) is 20.2. The molecule has 11 nitrogen and oxygen atoms in total. The molecule has 2 aliphatic heterocycles. The number of likely N-dealkylation sites (tertiary alicyclic amines) is 1. The number of carbonyl (C=O) groups is 4. The third-order valence-corrected chi connectivity index (χ3v) is 5.48. The molecule has 2 saturated heterocycles. The number of aliphatic carboxylic acids is 2. The summed E-state index contributed by atoms with van der Waals surface area (Å²) in [6.07, 6.45) is -5.02. The van der Waals surface area contributed by atoms with Crippen LogP contribution in [-0.2, 0) is 30.3 Å². The molecule has 218 valence electrons. The zero-order valence-electron chi connectivity index (χ0n) is 20.2. The number of rotatable bonds is 4. The summed E-state index contributed by atoms with van der Waals surface area (Å²) in [4.78, 5) is 52.9. The summed E-state index contributed by atoms with van der Waals surface area (Å²) in [6, 6.07) is 9.12. The number of carboxylic acids is 2. The second-order valence-electron chi connectivity index (χ2n) is 8.28. The van der Waals surface area contributed by atoms with Crippen LogP contribution < -0.4 is 5.32 Å².